The van der Waals surface area contributed by atoms with Gasteiger partial charge in [-0.2, -0.15) is 0 Å². The zero-order chi connectivity index (χ0) is 14.9. The number of hydrogen-bond acceptors (Lipinski definition) is 2. The van der Waals surface area contributed by atoms with E-state index in [1.165, 1.54) is 0 Å². The minimum atomic E-state index is -0.666. The molecule has 0 aromatic carbocycles. The van der Waals surface area contributed by atoms with Gasteiger partial charge in [0.2, 0.25) is 11.8 Å². The van der Waals surface area contributed by atoms with Gasteiger partial charge in [0, 0.05) is 6.04 Å². The summed E-state index contributed by atoms with van der Waals surface area (Å²) in [5.74, 6) is 0.668. The summed E-state index contributed by atoms with van der Waals surface area (Å²) >= 11 is 0. The number of carbonyl (C=O) groups excluding carboxylic acids is 2. The Kier molecular flexibility index (Phi) is 2.77. The lowest BCUT2D eigenvalue weighted by Crippen LogP contribution is -2.71. The van der Waals surface area contributed by atoms with Crippen LogP contribution in [0.3, 0.4) is 0 Å². The van der Waals surface area contributed by atoms with Gasteiger partial charge < -0.3 is 10.2 Å². The van der Waals surface area contributed by atoms with Crippen LogP contribution in [0.1, 0.15) is 53.9 Å². The van der Waals surface area contributed by atoms with E-state index in [9.17, 15) is 9.59 Å². The van der Waals surface area contributed by atoms with E-state index in [1.54, 1.807) is 0 Å². The van der Waals surface area contributed by atoms with Crippen molar-refractivity contribution in [3.63, 3.8) is 0 Å². The van der Waals surface area contributed by atoms with E-state index in [2.05, 4.69) is 19.2 Å². The SMILES string of the molecule is CC(C)C1C(=O)NC(C)(C2CC2)C(=O)N1C1CC1(C)C. The van der Waals surface area contributed by atoms with Gasteiger partial charge in [-0.3, -0.25) is 9.59 Å². The Morgan fingerprint density at radius 3 is 2.15 bits per heavy atom. The maximum atomic E-state index is 13.1. The summed E-state index contributed by atoms with van der Waals surface area (Å²) in [5, 5.41) is 3.05. The predicted molar refractivity (Wildman–Crippen MR) is 76.9 cm³/mol. The second-order valence-corrected chi connectivity index (χ2v) is 8.08. The van der Waals surface area contributed by atoms with E-state index in [1.807, 2.05) is 25.7 Å². The molecule has 1 N–H and O–H groups in total. The zero-order valence-electron chi connectivity index (χ0n) is 13.2. The Morgan fingerprint density at radius 1 is 1.20 bits per heavy atom. The standard InChI is InChI=1S/C16H26N2O2/c1-9(2)12-13(19)17-16(5,10-6-7-10)14(20)18(12)11-8-15(11,3)4/h9-12H,6-8H2,1-5H3,(H,17,19). The van der Waals surface area contributed by atoms with Crippen LogP contribution in [0.2, 0.25) is 0 Å². The molecule has 0 bridgehead atoms. The molecule has 0 spiro atoms. The average Bonchev–Trinajstić information content (AvgIpc) is 3.19. The minimum absolute atomic E-state index is 0.0386. The lowest BCUT2D eigenvalue weighted by Gasteiger charge is -2.47. The number of amides is 2. The van der Waals surface area contributed by atoms with Crippen LogP contribution in [0.4, 0.5) is 0 Å². The normalized spacial score (nSPS) is 40.0. The van der Waals surface area contributed by atoms with E-state index in [-0.39, 0.29) is 35.2 Å². The molecular formula is C16H26N2O2. The first-order chi connectivity index (χ1) is 9.18. The third-order valence-corrected chi connectivity index (χ3v) is 5.45. The maximum absolute atomic E-state index is 13.1. The first-order valence-corrected chi connectivity index (χ1v) is 7.83. The molecule has 2 aliphatic carbocycles. The fraction of sp³-hybridized carbons (Fsp3) is 0.875. The molecule has 1 aliphatic heterocycles. The average molecular weight is 278 g/mol. The molecule has 3 unspecified atom stereocenters. The molecule has 2 amide bonds. The largest absolute Gasteiger partial charge is 0.340 e. The molecule has 112 valence electrons. The minimum Gasteiger partial charge on any atom is -0.340 e. The molecule has 0 aromatic rings. The highest BCUT2D eigenvalue weighted by Crippen LogP contribution is 2.52. The highest BCUT2D eigenvalue weighted by Gasteiger charge is 2.62. The molecule has 1 saturated heterocycles. The van der Waals surface area contributed by atoms with Crippen molar-refractivity contribution in [2.24, 2.45) is 17.3 Å². The lowest BCUT2D eigenvalue weighted by atomic mass is 9.86. The van der Waals surface area contributed by atoms with Gasteiger partial charge in [-0.1, -0.05) is 27.7 Å². The summed E-state index contributed by atoms with van der Waals surface area (Å²) in [7, 11) is 0. The maximum Gasteiger partial charge on any atom is 0.249 e. The topological polar surface area (TPSA) is 49.4 Å². The molecule has 4 heteroatoms. The number of carbonyl (C=O) groups is 2. The Labute approximate surface area is 121 Å². The van der Waals surface area contributed by atoms with Gasteiger partial charge in [0.05, 0.1) is 0 Å². The predicted octanol–water partition coefficient (Wildman–Crippen LogP) is 1.94. The lowest BCUT2D eigenvalue weighted by molar-refractivity contribution is -0.158. The van der Waals surface area contributed by atoms with Crippen molar-refractivity contribution in [2.45, 2.75) is 71.5 Å². The van der Waals surface area contributed by atoms with Crippen molar-refractivity contribution in [1.82, 2.24) is 10.2 Å². The molecule has 20 heavy (non-hydrogen) atoms. The van der Waals surface area contributed by atoms with Gasteiger partial charge in [-0.15, -0.1) is 0 Å². The van der Waals surface area contributed by atoms with Crippen molar-refractivity contribution < 1.29 is 9.59 Å². The Hall–Kier alpha value is -1.06. The molecule has 3 fully saturated rings. The summed E-state index contributed by atoms with van der Waals surface area (Å²) in [6.45, 7) is 10.3. The van der Waals surface area contributed by atoms with Crippen molar-refractivity contribution >= 4 is 11.8 Å². The number of rotatable bonds is 3. The fourth-order valence-corrected chi connectivity index (χ4v) is 3.72. The van der Waals surface area contributed by atoms with Crippen LogP contribution in [0.5, 0.6) is 0 Å². The smallest absolute Gasteiger partial charge is 0.249 e. The van der Waals surface area contributed by atoms with Crippen LogP contribution >= 0.6 is 0 Å². The number of nitrogens with one attached hydrogen (secondary N) is 1. The summed E-state index contributed by atoms with van der Waals surface area (Å²) in [6, 6.07) is -0.0763. The molecule has 1 heterocycles. The van der Waals surface area contributed by atoms with E-state index in [0.29, 0.717) is 5.92 Å². The Balaban J connectivity index is 1.95. The van der Waals surface area contributed by atoms with Crippen molar-refractivity contribution in [2.75, 3.05) is 0 Å². The van der Waals surface area contributed by atoms with Crippen molar-refractivity contribution in [3.05, 3.63) is 0 Å². The second-order valence-electron chi connectivity index (χ2n) is 8.08. The molecule has 4 nitrogen and oxygen atoms in total. The molecule has 3 atom stereocenters. The van der Waals surface area contributed by atoms with Crippen LogP contribution < -0.4 is 5.32 Å². The van der Waals surface area contributed by atoms with Crippen LogP contribution in [0.25, 0.3) is 0 Å². The van der Waals surface area contributed by atoms with Crippen molar-refractivity contribution in [1.29, 1.82) is 0 Å². The Morgan fingerprint density at radius 2 is 1.75 bits per heavy atom. The zero-order valence-corrected chi connectivity index (χ0v) is 13.2. The van der Waals surface area contributed by atoms with Crippen LogP contribution in [0.15, 0.2) is 0 Å². The van der Waals surface area contributed by atoms with E-state index >= 15 is 0 Å². The van der Waals surface area contributed by atoms with Gasteiger partial charge in [0.15, 0.2) is 0 Å². The number of piperazine rings is 1. The Bertz CT molecular complexity index is 467. The molecular weight excluding hydrogens is 252 g/mol. The van der Waals surface area contributed by atoms with E-state index in [4.69, 9.17) is 0 Å². The van der Waals surface area contributed by atoms with Gasteiger partial charge >= 0.3 is 0 Å². The molecule has 0 aromatic heterocycles. The second kappa shape index (κ2) is 3.99. The third kappa shape index (κ3) is 1.87. The highest BCUT2D eigenvalue weighted by molar-refractivity contribution is 6.00. The third-order valence-electron chi connectivity index (χ3n) is 5.45. The van der Waals surface area contributed by atoms with Gasteiger partial charge in [-0.25, -0.2) is 0 Å². The first-order valence-electron chi connectivity index (χ1n) is 7.83. The quantitative estimate of drug-likeness (QED) is 0.857. The van der Waals surface area contributed by atoms with Crippen LogP contribution in [-0.4, -0.2) is 34.3 Å². The molecule has 0 radical (unpaired) electrons. The van der Waals surface area contributed by atoms with Crippen LogP contribution in [0, 0.1) is 17.3 Å². The monoisotopic (exact) mass is 278 g/mol. The summed E-state index contributed by atoms with van der Waals surface area (Å²) in [5.41, 5.74) is -0.508. The van der Waals surface area contributed by atoms with E-state index in [0.717, 1.165) is 19.3 Å². The van der Waals surface area contributed by atoms with Gasteiger partial charge in [-0.05, 0) is 43.4 Å². The van der Waals surface area contributed by atoms with Crippen molar-refractivity contribution in [3.8, 4) is 0 Å². The van der Waals surface area contributed by atoms with Gasteiger partial charge in [0.1, 0.15) is 11.6 Å². The summed E-state index contributed by atoms with van der Waals surface area (Å²) in [6.07, 6.45) is 3.11. The summed E-state index contributed by atoms with van der Waals surface area (Å²) in [4.78, 5) is 27.6. The first kappa shape index (κ1) is 13.9. The van der Waals surface area contributed by atoms with Crippen LogP contribution in [-0.2, 0) is 9.59 Å². The molecule has 3 rings (SSSR count). The molecule has 2 saturated carbocycles. The highest BCUT2D eigenvalue weighted by atomic mass is 16.2. The summed E-state index contributed by atoms with van der Waals surface area (Å²) < 4.78 is 0. The number of nitrogens with zero attached hydrogens (tertiary/aromatic N) is 1. The fourth-order valence-electron chi connectivity index (χ4n) is 3.72. The van der Waals surface area contributed by atoms with Gasteiger partial charge in [0.25, 0.3) is 0 Å². The van der Waals surface area contributed by atoms with E-state index < -0.39 is 5.54 Å². The number of hydrogen-bond donors (Lipinski definition) is 1. The molecule has 3 aliphatic rings.